The number of unbranched alkanes of at least 4 members (excludes halogenated alkanes) is 3. The summed E-state index contributed by atoms with van der Waals surface area (Å²) in [6, 6.07) is 0. The molecule has 0 aromatic carbocycles. The molecule has 5 atom stereocenters. The van der Waals surface area contributed by atoms with Gasteiger partial charge in [0, 0.05) is 37.9 Å². The lowest BCUT2D eigenvalue weighted by atomic mass is 9.67. The molecule has 1 aliphatic rings. The molecule has 364 valence electrons. The van der Waals surface area contributed by atoms with Gasteiger partial charge in [-0.05, 0) is 155 Å². The van der Waals surface area contributed by atoms with Crippen molar-refractivity contribution in [2.45, 2.75) is 231 Å². The number of allylic oxidation sites excluding steroid dienone is 4. The van der Waals surface area contributed by atoms with Crippen molar-refractivity contribution in [2.75, 3.05) is 40.5 Å². The molecule has 9 heteroatoms. The highest BCUT2D eigenvalue weighted by Crippen LogP contribution is 2.56. The van der Waals surface area contributed by atoms with E-state index in [1.807, 2.05) is 27.9 Å². The van der Waals surface area contributed by atoms with Gasteiger partial charge in [0.1, 0.15) is 12.2 Å². The van der Waals surface area contributed by atoms with Gasteiger partial charge in [-0.3, -0.25) is 14.4 Å². The summed E-state index contributed by atoms with van der Waals surface area (Å²) in [5.41, 5.74) is 2.71. The summed E-state index contributed by atoms with van der Waals surface area (Å²) in [6.45, 7) is 30.8. The first-order valence-electron chi connectivity index (χ1n) is 24.9. The zero-order valence-corrected chi connectivity index (χ0v) is 43.1. The van der Waals surface area contributed by atoms with E-state index in [-0.39, 0.29) is 47.4 Å². The molecular formula is C53H99NO8. The molecule has 0 saturated heterocycles. The molecule has 0 radical (unpaired) electrons. The zero-order chi connectivity index (χ0) is 47.1. The Balaban J connectivity index is 0.0000183. The van der Waals surface area contributed by atoms with Gasteiger partial charge in [-0.1, -0.05) is 98.5 Å². The summed E-state index contributed by atoms with van der Waals surface area (Å²) in [7, 11) is 4.00. The van der Waals surface area contributed by atoms with Crippen molar-refractivity contribution in [1.82, 2.24) is 4.90 Å². The van der Waals surface area contributed by atoms with Crippen LogP contribution < -0.4 is 0 Å². The fourth-order valence-corrected chi connectivity index (χ4v) is 7.83. The lowest BCUT2D eigenvalue weighted by molar-refractivity contribution is -0.161. The van der Waals surface area contributed by atoms with E-state index in [0.29, 0.717) is 69.7 Å². The van der Waals surface area contributed by atoms with Crippen molar-refractivity contribution in [1.29, 1.82) is 0 Å². The fraction of sp³-hybridized carbons (Fsp3) is 0.868. The largest absolute Gasteiger partial charge is 0.466 e. The number of hydrogen-bond acceptors (Lipinski definition) is 9. The van der Waals surface area contributed by atoms with Crippen LogP contribution in [-0.2, 0) is 38.1 Å². The van der Waals surface area contributed by atoms with Gasteiger partial charge in [-0.25, -0.2) is 0 Å². The van der Waals surface area contributed by atoms with Crippen LogP contribution in [-0.4, -0.2) is 81.8 Å². The Morgan fingerprint density at radius 3 is 1.68 bits per heavy atom. The molecule has 0 aromatic heterocycles. The van der Waals surface area contributed by atoms with Gasteiger partial charge >= 0.3 is 17.9 Å². The van der Waals surface area contributed by atoms with Gasteiger partial charge in [0.15, 0.2) is 6.29 Å². The first kappa shape index (κ1) is 59.8. The van der Waals surface area contributed by atoms with Crippen molar-refractivity contribution >= 4 is 17.9 Å². The summed E-state index contributed by atoms with van der Waals surface area (Å²) in [5.74, 6) is 1.04. The molecule has 1 fully saturated rings. The molecule has 1 rings (SSSR count). The summed E-state index contributed by atoms with van der Waals surface area (Å²) < 4.78 is 30.0. The van der Waals surface area contributed by atoms with Crippen LogP contribution in [0.5, 0.6) is 0 Å². The quantitative estimate of drug-likeness (QED) is 0.0206. The van der Waals surface area contributed by atoms with Crippen LogP contribution in [0.3, 0.4) is 0 Å². The molecule has 0 bridgehead atoms. The zero-order valence-electron chi connectivity index (χ0n) is 43.1. The van der Waals surface area contributed by atoms with E-state index in [2.05, 4.69) is 93.2 Å². The lowest BCUT2D eigenvalue weighted by Crippen LogP contribution is -2.38. The maximum absolute atomic E-state index is 12.9. The first-order chi connectivity index (χ1) is 29.2. The summed E-state index contributed by atoms with van der Waals surface area (Å²) >= 11 is 0. The SMILES string of the molecule is CC.CC(C)=CCCC(C)CCOC(CCC(=O)OCCCCCCC(CCCC(=O)OC1CC(C)C(C)(C)C1(C)C)OC(=O)CCCN(C)C)OCCC(C)CCC=C(C)C. The van der Waals surface area contributed by atoms with Crippen LogP contribution in [0.1, 0.15) is 212 Å². The molecule has 62 heavy (non-hydrogen) atoms. The number of ether oxygens (including phenoxy) is 5. The second-order valence-corrected chi connectivity index (χ2v) is 20.1. The van der Waals surface area contributed by atoms with E-state index in [0.717, 1.165) is 90.0 Å². The molecule has 0 spiro atoms. The number of carbonyl (C=O) groups is 3. The Morgan fingerprint density at radius 2 is 1.16 bits per heavy atom. The van der Waals surface area contributed by atoms with Crippen LogP contribution in [0.2, 0.25) is 0 Å². The Labute approximate surface area is 382 Å². The van der Waals surface area contributed by atoms with E-state index in [4.69, 9.17) is 23.7 Å². The van der Waals surface area contributed by atoms with Crippen LogP contribution in [0.4, 0.5) is 0 Å². The van der Waals surface area contributed by atoms with E-state index in [1.54, 1.807) is 0 Å². The van der Waals surface area contributed by atoms with Gasteiger partial charge < -0.3 is 28.6 Å². The van der Waals surface area contributed by atoms with Gasteiger partial charge in [-0.2, -0.15) is 0 Å². The summed E-state index contributed by atoms with van der Waals surface area (Å²) in [5, 5.41) is 0. The molecule has 0 N–H and O–H groups in total. The molecule has 0 amide bonds. The number of rotatable bonds is 34. The highest BCUT2D eigenvalue weighted by molar-refractivity contribution is 5.70. The molecule has 1 saturated carbocycles. The van der Waals surface area contributed by atoms with E-state index in [9.17, 15) is 14.4 Å². The Bertz CT molecular complexity index is 1210. The third kappa shape index (κ3) is 27.8. The van der Waals surface area contributed by atoms with Crippen molar-refractivity contribution in [3.63, 3.8) is 0 Å². The topological polar surface area (TPSA) is 101 Å². The van der Waals surface area contributed by atoms with Crippen molar-refractivity contribution < 1.29 is 38.1 Å². The summed E-state index contributed by atoms with van der Waals surface area (Å²) in [6.07, 6.45) is 18.9. The van der Waals surface area contributed by atoms with Crippen molar-refractivity contribution in [2.24, 2.45) is 28.6 Å². The van der Waals surface area contributed by atoms with E-state index in [1.165, 1.54) is 11.1 Å². The van der Waals surface area contributed by atoms with E-state index < -0.39 is 6.29 Å². The van der Waals surface area contributed by atoms with Crippen LogP contribution in [0.15, 0.2) is 23.3 Å². The second-order valence-electron chi connectivity index (χ2n) is 20.1. The molecule has 1 aliphatic carbocycles. The molecule has 0 aliphatic heterocycles. The predicted molar refractivity (Wildman–Crippen MR) is 258 cm³/mol. The number of hydrogen-bond donors (Lipinski definition) is 0. The van der Waals surface area contributed by atoms with Crippen molar-refractivity contribution in [3.8, 4) is 0 Å². The minimum atomic E-state index is -0.413. The minimum absolute atomic E-state index is 0.0854. The van der Waals surface area contributed by atoms with Crippen LogP contribution in [0.25, 0.3) is 0 Å². The maximum Gasteiger partial charge on any atom is 0.306 e. The summed E-state index contributed by atoms with van der Waals surface area (Å²) in [4.78, 5) is 40.5. The number of carbonyl (C=O) groups excluding carboxylic acids is 3. The Kier molecular flexibility index (Phi) is 32.9. The third-order valence-corrected chi connectivity index (χ3v) is 13.3. The number of esters is 3. The monoisotopic (exact) mass is 878 g/mol. The highest BCUT2D eigenvalue weighted by atomic mass is 16.7. The molecular weight excluding hydrogens is 779 g/mol. The number of nitrogens with zero attached hydrogens (tertiary/aromatic N) is 1. The minimum Gasteiger partial charge on any atom is -0.466 e. The lowest BCUT2D eigenvalue weighted by Gasteiger charge is -2.40. The maximum atomic E-state index is 12.9. The molecule has 5 unspecified atom stereocenters. The van der Waals surface area contributed by atoms with Gasteiger partial charge in [0.25, 0.3) is 0 Å². The smallest absolute Gasteiger partial charge is 0.306 e. The van der Waals surface area contributed by atoms with Gasteiger partial charge in [0.05, 0.1) is 13.0 Å². The van der Waals surface area contributed by atoms with Gasteiger partial charge in [-0.15, -0.1) is 0 Å². The van der Waals surface area contributed by atoms with E-state index >= 15 is 0 Å². The molecule has 0 heterocycles. The predicted octanol–water partition coefficient (Wildman–Crippen LogP) is 13.6. The van der Waals surface area contributed by atoms with Crippen LogP contribution in [0, 0.1) is 28.6 Å². The Morgan fingerprint density at radius 1 is 0.629 bits per heavy atom. The van der Waals surface area contributed by atoms with Crippen molar-refractivity contribution in [3.05, 3.63) is 23.3 Å². The van der Waals surface area contributed by atoms with Gasteiger partial charge in [0.2, 0.25) is 0 Å². The first-order valence-corrected chi connectivity index (χ1v) is 24.9. The molecule has 0 aromatic rings. The second kappa shape index (κ2) is 34.2. The molecule has 9 nitrogen and oxygen atoms in total. The fourth-order valence-electron chi connectivity index (χ4n) is 7.83. The standard InChI is InChI=1S/C51H93NO8.C2H6/c1-39(2)22-18-24-41(5)32-36-57-49(58-37-33-42(6)25-19-23-40(3)4)31-30-46(53)56-35-17-15-14-16-26-44(59-47(54)29-21-34-52(12)13)27-20-28-48(55)60-45-38-43(7)50(8,9)51(45,10)11;1-2/h22-23,41-45,49H,14-21,24-38H2,1-13H3;1-2H3. The normalized spacial score (nSPS) is 18.5. The third-order valence-electron chi connectivity index (χ3n) is 13.3. The average molecular weight is 878 g/mol. The Hall–Kier alpha value is -2.23. The average Bonchev–Trinajstić information content (AvgIpc) is 3.33. The highest BCUT2D eigenvalue weighted by Gasteiger charge is 2.54. The van der Waals surface area contributed by atoms with Crippen LogP contribution >= 0.6 is 0 Å².